The van der Waals surface area contributed by atoms with Crippen molar-refractivity contribution in [2.75, 3.05) is 5.32 Å². The van der Waals surface area contributed by atoms with Crippen LogP contribution in [0.2, 0.25) is 0 Å². The van der Waals surface area contributed by atoms with Gasteiger partial charge in [0.1, 0.15) is 0 Å². The van der Waals surface area contributed by atoms with Gasteiger partial charge in [-0.1, -0.05) is 24.3 Å². The zero-order chi connectivity index (χ0) is 10.3. The van der Waals surface area contributed by atoms with E-state index in [0.29, 0.717) is 6.42 Å². The van der Waals surface area contributed by atoms with E-state index in [1.54, 1.807) is 0 Å². The van der Waals surface area contributed by atoms with Gasteiger partial charge in [-0.25, -0.2) is 0 Å². The summed E-state index contributed by atoms with van der Waals surface area (Å²) < 4.78 is 0. The number of ketones is 1. The molecule has 0 atom stereocenters. The van der Waals surface area contributed by atoms with Crippen LogP contribution in [0.5, 0.6) is 0 Å². The van der Waals surface area contributed by atoms with Gasteiger partial charge in [-0.15, -0.1) is 0 Å². The van der Waals surface area contributed by atoms with E-state index in [0.717, 1.165) is 28.9 Å². The third kappa shape index (κ3) is 1.30. The molecule has 1 N–H and O–H groups in total. The van der Waals surface area contributed by atoms with Crippen molar-refractivity contribution in [3.05, 3.63) is 47.2 Å². The number of anilines is 1. The Bertz CT molecular complexity index is 497. The first-order chi connectivity index (χ1) is 7.34. The van der Waals surface area contributed by atoms with E-state index in [4.69, 9.17) is 0 Å². The fourth-order valence-corrected chi connectivity index (χ4v) is 2.06. The number of carbonyl (C=O) groups is 1. The van der Waals surface area contributed by atoms with Gasteiger partial charge in [0.2, 0.25) is 0 Å². The Morgan fingerprint density at radius 2 is 2.07 bits per heavy atom. The van der Waals surface area contributed by atoms with E-state index in [9.17, 15) is 4.79 Å². The second-order valence-electron chi connectivity index (χ2n) is 3.85. The van der Waals surface area contributed by atoms with Gasteiger partial charge in [-0.2, -0.15) is 0 Å². The van der Waals surface area contributed by atoms with Crippen LogP contribution in [0.1, 0.15) is 18.4 Å². The second kappa shape index (κ2) is 3.09. The molecule has 0 unspecified atom stereocenters. The fourth-order valence-electron chi connectivity index (χ4n) is 2.06. The summed E-state index contributed by atoms with van der Waals surface area (Å²) in [6, 6.07) is 8.03. The minimum absolute atomic E-state index is 0.245. The van der Waals surface area contributed by atoms with Gasteiger partial charge in [-0.3, -0.25) is 4.79 Å². The third-order valence-electron chi connectivity index (χ3n) is 2.84. The molecule has 0 bridgehead atoms. The van der Waals surface area contributed by atoms with Gasteiger partial charge in [-0.05, 0) is 24.1 Å². The molecule has 2 aliphatic rings. The Morgan fingerprint density at radius 3 is 3.00 bits per heavy atom. The van der Waals surface area contributed by atoms with E-state index >= 15 is 0 Å². The summed E-state index contributed by atoms with van der Waals surface area (Å²) in [4.78, 5) is 11.7. The van der Waals surface area contributed by atoms with E-state index < -0.39 is 0 Å². The molecule has 2 heteroatoms. The smallest absolute Gasteiger partial charge is 0.165 e. The van der Waals surface area contributed by atoms with E-state index in [1.165, 1.54) is 0 Å². The van der Waals surface area contributed by atoms with Gasteiger partial charge in [0.05, 0.1) is 0 Å². The lowest BCUT2D eigenvalue weighted by atomic mass is 9.92. The quantitative estimate of drug-likeness (QED) is 0.692. The number of hydrogen-bond donors (Lipinski definition) is 1. The Labute approximate surface area is 88.3 Å². The summed E-state index contributed by atoms with van der Waals surface area (Å²) in [5.41, 5.74) is 3.99. The molecule has 2 nitrogen and oxygen atoms in total. The largest absolute Gasteiger partial charge is 0.355 e. The van der Waals surface area contributed by atoms with E-state index in [2.05, 4.69) is 11.4 Å². The number of Topliss-reactive ketones (excluding diaryl/α,β-unsaturated/α-hetero) is 1. The maximum atomic E-state index is 11.7. The molecular weight excluding hydrogens is 186 g/mol. The average molecular weight is 197 g/mol. The van der Waals surface area contributed by atoms with Crippen molar-refractivity contribution in [2.24, 2.45) is 0 Å². The van der Waals surface area contributed by atoms with Crippen molar-refractivity contribution in [1.82, 2.24) is 0 Å². The summed E-state index contributed by atoms with van der Waals surface area (Å²) in [5, 5.41) is 3.30. The van der Waals surface area contributed by atoms with Crippen LogP contribution in [-0.4, -0.2) is 5.78 Å². The molecule has 3 rings (SSSR count). The molecule has 0 saturated carbocycles. The Hall–Kier alpha value is -1.83. The predicted octanol–water partition coefficient (Wildman–Crippen LogP) is 2.74. The highest BCUT2D eigenvalue weighted by atomic mass is 16.1. The summed E-state index contributed by atoms with van der Waals surface area (Å²) >= 11 is 0. The first-order valence-electron chi connectivity index (χ1n) is 5.16. The lowest BCUT2D eigenvalue weighted by molar-refractivity contribution is -0.115. The van der Waals surface area contributed by atoms with Crippen LogP contribution in [0.3, 0.4) is 0 Å². The number of rotatable bonds is 0. The zero-order valence-electron chi connectivity index (χ0n) is 8.29. The third-order valence-corrected chi connectivity index (χ3v) is 2.84. The molecule has 1 aliphatic carbocycles. The van der Waals surface area contributed by atoms with Gasteiger partial charge in [0.25, 0.3) is 0 Å². The number of benzene rings is 1. The Kier molecular flexibility index (Phi) is 1.75. The molecule has 1 aromatic carbocycles. The number of nitrogens with one attached hydrogen (secondary N) is 1. The first kappa shape index (κ1) is 8.48. The summed E-state index contributed by atoms with van der Waals surface area (Å²) in [6.07, 6.45) is 5.57. The Morgan fingerprint density at radius 1 is 1.20 bits per heavy atom. The molecule has 74 valence electrons. The van der Waals surface area contributed by atoms with Crippen molar-refractivity contribution in [1.29, 1.82) is 0 Å². The fraction of sp³-hybridized carbons (Fsp3) is 0.154. The lowest BCUT2D eigenvalue weighted by Gasteiger charge is -2.23. The Balaban J connectivity index is 2.17. The highest BCUT2D eigenvalue weighted by molar-refractivity contribution is 6.07. The molecule has 1 heterocycles. The summed E-state index contributed by atoms with van der Waals surface area (Å²) in [7, 11) is 0. The van der Waals surface area contributed by atoms with Crippen LogP contribution >= 0.6 is 0 Å². The number of fused-ring (bicyclic) bond motifs is 2. The highest BCUT2D eigenvalue weighted by Crippen LogP contribution is 2.32. The topological polar surface area (TPSA) is 29.1 Å². The van der Waals surface area contributed by atoms with E-state index in [-0.39, 0.29) is 5.78 Å². The van der Waals surface area contributed by atoms with Crippen LogP contribution in [0.25, 0.3) is 6.08 Å². The maximum absolute atomic E-state index is 11.7. The molecule has 0 fully saturated rings. The number of hydrogen-bond acceptors (Lipinski definition) is 2. The van der Waals surface area contributed by atoms with Crippen LogP contribution in [-0.2, 0) is 4.79 Å². The van der Waals surface area contributed by atoms with Crippen molar-refractivity contribution < 1.29 is 4.79 Å². The molecule has 0 amide bonds. The molecule has 0 aromatic heterocycles. The van der Waals surface area contributed by atoms with Crippen molar-refractivity contribution in [2.45, 2.75) is 12.8 Å². The SMILES string of the molecule is O=C1CCC=C2Nc3ccccc3C=C12. The normalized spacial score (nSPS) is 18.3. The van der Waals surface area contributed by atoms with Crippen LogP contribution in [0.15, 0.2) is 41.6 Å². The highest BCUT2D eigenvalue weighted by Gasteiger charge is 2.22. The molecule has 0 spiro atoms. The minimum atomic E-state index is 0.245. The summed E-state index contributed by atoms with van der Waals surface area (Å²) in [5.74, 6) is 0.245. The van der Waals surface area contributed by atoms with Gasteiger partial charge in [0, 0.05) is 23.4 Å². The lowest BCUT2D eigenvalue weighted by Crippen LogP contribution is -2.18. The minimum Gasteiger partial charge on any atom is -0.355 e. The number of carbonyl (C=O) groups excluding carboxylic acids is 1. The maximum Gasteiger partial charge on any atom is 0.165 e. The number of para-hydroxylation sites is 1. The second-order valence-corrected chi connectivity index (χ2v) is 3.85. The van der Waals surface area contributed by atoms with Crippen molar-refractivity contribution in [3.8, 4) is 0 Å². The van der Waals surface area contributed by atoms with Gasteiger partial charge in [0.15, 0.2) is 5.78 Å². The average Bonchev–Trinajstić information content (AvgIpc) is 2.27. The predicted molar refractivity (Wildman–Crippen MR) is 60.4 cm³/mol. The van der Waals surface area contributed by atoms with Gasteiger partial charge < -0.3 is 5.32 Å². The van der Waals surface area contributed by atoms with E-state index in [1.807, 2.05) is 30.3 Å². The molecule has 0 saturated heterocycles. The first-order valence-corrected chi connectivity index (χ1v) is 5.16. The standard InChI is InChI=1S/C13H11NO/c15-13-7-3-6-12-10(13)8-9-4-1-2-5-11(9)14-12/h1-2,4-6,8,14H,3,7H2. The van der Waals surface area contributed by atoms with Gasteiger partial charge >= 0.3 is 0 Å². The monoisotopic (exact) mass is 197 g/mol. The van der Waals surface area contributed by atoms with Crippen LogP contribution < -0.4 is 5.32 Å². The zero-order valence-corrected chi connectivity index (χ0v) is 8.29. The number of allylic oxidation sites excluding steroid dienone is 2. The molecular formula is C13H11NO. The molecule has 1 aromatic rings. The van der Waals surface area contributed by atoms with Crippen LogP contribution in [0, 0.1) is 0 Å². The van der Waals surface area contributed by atoms with Crippen LogP contribution in [0.4, 0.5) is 5.69 Å². The van der Waals surface area contributed by atoms with Crippen molar-refractivity contribution in [3.63, 3.8) is 0 Å². The molecule has 0 radical (unpaired) electrons. The summed E-state index contributed by atoms with van der Waals surface area (Å²) in [6.45, 7) is 0. The molecule has 15 heavy (non-hydrogen) atoms. The van der Waals surface area contributed by atoms with Crippen molar-refractivity contribution >= 4 is 17.5 Å². The molecule has 1 aliphatic heterocycles.